The minimum absolute atomic E-state index is 0.0150. The minimum Gasteiger partial charge on any atom is -0.465 e. The number of hydrogen-bond acceptors (Lipinski definition) is 4. The van der Waals surface area contributed by atoms with Gasteiger partial charge in [0.25, 0.3) is 0 Å². The molecule has 0 radical (unpaired) electrons. The average molecular weight is 323 g/mol. The summed E-state index contributed by atoms with van der Waals surface area (Å²) in [6, 6.07) is 6.70. The van der Waals surface area contributed by atoms with Crippen LogP contribution in [-0.4, -0.2) is 24.7 Å². The lowest BCUT2D eigenvalue weighted by Gasteiger charge is -2.06. The number of carbonyl (C=O) groups is 2. The smallest absolute Gasteiger partial charge is 0.337 e. The maximum absolute atomic E-state index is 11.8. The Morgan fingerprint density at radius 2 is 1.59 bits per heavy atom. The summed E-state index contributed by atoms with van der Waals surface area (Å²) in [5.74, 6) is 0.592. The number of benzene rings is 1. The van der Waals surface area contributed by atoms with Gasteiger partial charge in [0.1, 0.15) is 0 Å². The Hall–Kier alpha value is -1.49. The molecule has 22 heavy (non-hydrogen) atoms. The molecule has 1 aromatic rings. The van der Waals surface area contributed by atoms with Gasteiger partial charge in [-0.1, -0.05) is 25.7 Å². The SMILES string of the molecule is COC(=O)c1ccc(NC(=O)CCCCCCCCS)cc1. The van der Waals surface area contributed by atoms with Crippen LogP contribution in [0.4, 0.5) is 5.69 Å². The van der Waals surface area contributed by atoms with Gasteiger partial charge < -0.3 is 10.1 Å². The number of anilines is 1. The number of hydrogen-bond donors (Lipinski definition) is 2. The Morgan fingerprint density at radius 3 is 2.18 bits per heavy atom. The molecule has 0 atom stereocenters. The van der Waals surface area contributed by atoms with Gasteiger partial charge in [0, 0.05) is 12.1 Å². The Morgan fingerprint density at radius 1 is 1.00 bits per heavy atom. The largest absolute Gasteiger partial charge is 0.465 e. The van der Waals surface area contributed by atoms with Gasteiger partial charge in [0.05, 0.1) is 12.7 Å². The molecular formula is C17H25NO3S. The second kappa shape index (κ2) is 11.1. The van der Waals surface area contributed by atoms with Crippen LogP contribution in [0.1, 0.15) is 55.3 Å². The van der Waals surface area contributed by atoms with Crippen molar-refractivity contribution in [1.29, 1.82) is 0 Å². The maximum atomic E-state index is 11.8. The average Bonchev–Trinajstić information content (AvgIpc) is 2.54. The van der Waals surface area contributed by atoms with Crippen LogP contribution >= 0.6 is 12.6 Å². The van der Waals surface area contributed by atoms with Crippen LogP contribution in [0, 0.1) is 0 Å². The van der Waals surface area contributed by atoms with Crippen molar-refractivity contribution in [3.8, 4) is 0 Å². The van der Waals surface area contributed by atoms with E-state index in [2.05, 4.69) is 22.7 Å². The first-order chi connectivity index (χ1) is 10.7. The van der Waals surface area contributed by atoms with Crippen molar-refractivity contribution in [1.82, 2.24) is 0 Å². The zero-order chi connectivity index (χ0) is 16.2. The van der Waals surface area contributed by atoms with Gasteiger partial charge >= 0.3 is 5.97 Å². The second-order valence-corrected chi connectivity index (χ2v) is 5.66. The molecule has 0 aromatic heterocycles. The Balaban J connectivity index is 2.20. The first kappa shape index (κ1) is 18.6. The number of amides is 1. The molecule has 0 bridgehead atoms. The van der Waals surface area contributed by atoms with E-state index in [1.54, 1.807) is 24.3 Å². The Labute approximate surface area is 138 Å². The quantitative estimate of drug-likeness (QED) is 0.388. The van der Waals surface area contributed by atoms with Crippen molar-refractivity contribution in [2.24, 2.45) is 0 Å². The fourth-order valence-corrected chi connectivity index (χ4v) is 2.36. The molecule has 0 fully saturated rings. The van der Waals surface area contributed by atoms with E-state index in [0.717, 1.165) is 18.6 Å². The summed E-state index contributed by atoms with van der Waals surface area (Å²) in [6.45, 7) is 0. The highest BCUT2D eigenvalue weighted by Gasteiger charge is 2.06. The molecule has 122 valence electrons. The molecule has 1 N–H and O–H groups in total. The minimum atomic E-state index is -0.379. The summed E-state index contributed by atoms with van der Waals surface area (Å²) in [4.78, 5) is 23.1. The summed E-state index contributed by atoms with van der Waals surface area (Å²) < 4.78 is 4.63. The molecule has 1 aromatic carbocycles. The Kier molecular flexibility index (Phi) is 9.39. The van der Waals surface area contributed by atoms with Crippen molar-refractivity contribution in [3.63, 3.8) is 0 Å². The highest BCUT2D eigenvalue weighted by molar-refractivity contribution is 7.80. The van der Waals surface area contributed by atoms with E-state index < -0.39 is 0 Å². The van der Waals surface area contributed by atoms with Crippen LogP contribution in [0.2, 0.25) is 0 Å². The first-order valence-electron chi connectivity index (χ1n) is 7.76. The molecule has 0 aliphatic heterocycles. The standard InChI is InChI=1S/C17H25NO3S/c1-21-17(20)14-9-11-15(12-10-14)18-16(19)8-6-4-2-3-5-7-13-22/h9-12,22H,2-8,13H2,1H3,(H,18,19). The van der Waals surface area contributed by atoms with Crippen molar-refractivity contribution in [2.45, 2.75) is 44.9 Å². The zero-order valence-electron chi connectivity index (χ0n) is 13.1. The Bertz CT molecular complexity index is 459. The van der Waals surface area contributed by atoms with Crippen LogP contribution in [0.15, 0.2) is 24.3 Å². The fourth-order valence-electron chi connectivity index (χ4n) is 2.14. The predicted octanol–water partition coefficient (Wildman–Crippen LogP) is 4.07. The molecule has 4 nitrogen and oxygen atoms in total. The third-order valence-electron chi connectivity index (χ3n) is 3.40. The number of unbranched alkanes of at least 4 members (excludes halogenated alkanes) is 5. The maximum Gasteiger partial charge on any atom is 0.337 e. The zero-order valence-corrected chi connectivity index (χ0v) is 14.0. The lowest BCUT2D eigenvalue weighted by molar-refractivity contribution is -0.116. The highest BCUT2D eigenvalue weighted by Crippen LogP contribution is 2.12. The van der Waals surface area contributed by atoms with E-state index in [0.29, 0.717) is 17.7 Å². The van der Waals surface area contributed by atoms with Gasteiger partial charge in [0.2, 0.25) is 5.91 Å². The molecule has 0 spiro atoms. The number of esters is 1. The van der Waals surface area contributed by atoms with E-state index >= 15 is 0 Å². The van der Waals surface area contributed by atoms with E-state index in [4.69, 9.17) is 0 Å². The number of rotatable bonds is 10. The summed E-state index contributed by atoms with van der Waals surface area (Å²) in [5, 5.41) is 2.84. The van der Waals surface area contributed by atoms with Crippen molar-refractivity contribution in [2.75, 3.05) is 18.2 Å². The van der Waals surface area contributed by atoms with Gasteiger partial charge in [-0.2, -0.15) is 12.6 Å². The van der Waals surface area contributed by atoms with Gasteiger partial charge in [-0.3, -0.25) is 4.79 Å². The molecule has 0 heterocycles. The molecule has 0 aliphatic carbocycles. The fraction of sp³-hybridized carbons (Fsp3) is 0.529. The van der Waals surface area contributed by atoms with Crippen molar-refractivity contribution >= 4 is 30.2 Å². The van der Waals surface area contributed by atoms with Gasteiger partial charge in [-0.25, -0.2) is 4.79 Å². The van der Waals surface area contributed by atoms with Crippen LogP contribution in [0.25, 0.3) is 0 Å². The monoisotopic (exact) mass is 323 g/mol. The molecule has 0 saturated carbocycles. The van der Waals surface area contributed by atoms with Crippen LogP contribution in [0.5, 0.6) is 0 Å². The molecule has 0 aliphatic rings. The lowest BCUT2D eigenvalue weighted by atomic mass is 10.1. The van der Waals surface area contributed by atoms with Gasteiger partial charge in [-0.05, 0) is 42.9 Å². The van der Waals surface area contributed by atoms with Gasteiger partial charge in [-0.15, -0.1) is 0 Å². The summed E-state index contributed by atoms with van der Waals surface area (Å²) >= 11 is 4.18. The first-order valence-corrected chi connectivity index (χ1v) is 8.39. The van der Waals surface area contributed by atoms with Crippen LogP contribution < -0.4 is 5.32 Å². The van der Waals surface area contributed by atoms with Crippen molar-refractivity contribution < 1.29 is 14.3 Å². The van der Waals surface area contributed by atoms with Gasteiger partial charge in [0.15, 0.2) is 0 Å². The molecule has 1 rings (SSSR count). The van der Waals surface area contributed by atoms with Crippen LogP contribution in [-0.2, 0) is 9.53 Å². The van der Waals surface area contributed by atoms with Crippen LogP contribution in [0.3, 0.4) is 0 Å². The summed E-state index contributed by atoms with van der Waals surface area (Å²) in [6.07, 6.45) is 7.32. The molecule has 0 unspecified atom stereocenters. The predicted molar refractivity (Wildman–Crippen MR) is 92.6 cm³/mol. The number of nitrogens with one attached hydrogen (secondary N) is 1. The summed E-state index contributed by atoms with van der Waals surface area (Å²) in [7, 11) is 1.34. The third-order valence-corrected chi connectivity index (χ3v) is 3.72. The molecular weight excluding hydrogens is 298 g/mol. The summed E-state index contributed by atoms with van der Waals surface area (Å²) in [5.41, 5.74) is 1.17. The lowest BCUT2D eigenvalue weighted by Crippen LogP contribution is -2.11. The van der Waals surface area contributed by atoms with E-state index in [9.17, 15) is 9.59 Å². The van der Waals surface area contributed by atoms with E-state index in [1.165, 1.54) is 32.8 Å². The normalized spacial score (nSPS) is 10.3. The molecule has 5 heteroatoms. The second-order valence-electron chi connectivity index (χ2n) is 5.21. The van der Waals surface area contributed by atoms with E-state index in [-0.39, 0.29) is 11.9 Å². The topological polar surface area (TPSA) is 55.4 Å². The molecule has 1 amide bonds. The number of carbonyl (C=O) groups excluding carboxylic acids is 2. The van der Waals surface area contributed by atoms with Crippen molar-refractivity contribution in [3.05, 3.63) is 29.8 Å². The number of thiol groups is 1. The molecule has 0 saturated heterocycles. The number of methoxy groups -OCH3 is 1. The highest BCUT2D eigenvalue weighted by atomic mass is 32.1. The third kappa shape index (κ3) is 7.50. The van der Waals surface area contributed by atoms with E-state index in [1.807, 2.05) is 0 Å². The number of ether oxygens (including phenoxy) is 1.